The van der Waals surface area contributed by atoms with E-state index in [1.54, 1.807) is 0 Å². The molecule has 2 heterocycles. The van der Waals surface area contributed by atoms with Gasteiger partial charge in [-0.3, -0.25) is 4.98 Å². The first-order chi connectivity index (χ1) is 10.2. The van der Waals surface area contributed by atoms with Gasteiger partial charge in [-0.2, -0.15) is 0 Å². The molecule has 0 bridgehead atoms. The second kappa shape index (κ2) is 7.79. The van der Waals surface area contributed by atoms with E-state index in [-0.39, 0.29) is 0 Å². The number of aromatic nitrogens is 1. The average molecular weight is 289 g/mol. The number of anilines is 1. The van der Waals surface area contributed by atoms with Gasteiger partial charge in [0.05, 0.1) is 0 Å². The van der Waals surface area contributed by atoms with Gasteiger partial charge in [0.25, 0.3) is 0 Å². The highest BCUT2D eigenvalue weighted by molar-refractivity contribution is 5.52. The zero-order valence-electron chi connectivity index (χ0n) is 14.0. The zero-order chi connectivity index (χ0) is 15.1. The minimum absolute atomic E-state index is 0.587. The van der Waals surface area contributed by atoms with Crippen LogP contribution in [0, 0.1) is 5.41 Å². The standard InChI is InChI=1S/C18H31N3/c1-4-10-19-14-16-15-20-11-7-17(16)21-12-8-18(5-2,6-3)9-13-21/h7,11,15,19H,4-6,8-10,12-14H2,1-3H3. The molecule has 1 aliphatic heterocycles. The number of hydrogen-bond donors (Lipinski definition) is 1. The summed E-state index contributed by atoms with van der Waals surface area (Å²) in [5, 5.41) is 3.50. The van der Waals surface area contributed by atoms with Gasteiger partial charge < -0.3 is 10.2 Å². The van der Waals surface area contributed by atoms with Crippen LogP contribution in [-0.4, -0.2) is 24.6 Å². The Morgan fingerprint density at radius 1 is 1.19 bits per heavy atom. The molecule has 1 saturated heterocycles. The summed E-state index contributed by atoms with van der Waals surface area (Å²) >= 11 is 0. The molecule has 1 aromatic rings. The number of piperidine rings is 1. The summed E-state index contributed by atoms with van der Waals surface area (Å²) in [4.78, 5) is 6.88. The van der Waals surface area contributed by atoms with Gasteiger partial charge in [-0.1, -0.05) is 33.6 Å². The molecule has 1 aromatic heterocycles. The molecule has 1 N–H and O–H groups in total. The normalized spacial score (nSPS) is 18.0. The molecule has 0 saturated carbocycles. The summed E-state index contributed by atoms with van der Waals surface area (Å²) in [6.07, 6.45) is 10.4. The molecule has 0 aliphatic carbocycles. The topological polar surface area (TPSA) is 28.2 Å². The molecule has 1 aliphatic rings. The first-order valence-electron chi connectivity index (χ1n) is 8.63. The third-order valence-corrected chi connectivity index (χ3v) is 5.28. The maximum absolute atomic E-state index is 4.31. The number of pyridine rings is 1. The summed E-state index contributed by atoms with van der Waals surface area (Å²) in [5.41, 5.74) is 3.31. The Bertz CT molecular complexity index is 416. The lowest BCUT2D eigenvalue weighted by atomic mass is 9.74. The summed E-state index contributed by atoms with van der Waals surface area (Å²) in [5.74, 6) is 0. The number of nitrogens with one attached hydrogen (secondary N) is 1. The van der Waals surface area contributed by atoms with Crippen molar-refractivity contribution >= 4 is 5.69 Å². The van der Waals surface area contributed by atoms with Crippen molar-refractivity contribution in [2.75, 3.05) is 24.5 Å². The summed E-state index contributed by atoms with van der Waals surface area (Å²) < 4.78 is 0. The van der Waals surface area contributed by atoms with Crippen molar-refractivity contribution in [2.24, 2.45) is 5.41 Å². The van der Waals surface area contributed by atoms with E-state index in [4.69, 9.17) is 0 Å². The molecule has 0 aromatic carbocycles. The van der Waals surface area contributed by atoms with Crippen LogP contribution in [0.3, 0.4) is 0 Å². The molecule has 0 atom stereocenters. The molecule has 21 heavy (non-hydrogen) atoms. The van der Waals surface area contributed by atoms with Gasteiger partial charge in [0.15, 0.2) is 0 Å². The second-order valence-electron chi connectivity index (χ2n) is 6.38. The summed E-state index contributed by atoms with van der Waals surface area (Å²) in [6.45, 7) is 11.3. The largest absolute Gasteiger partial charge is 0.371 e. The van der Waals surface area contributed by atoms with E-state index in [0.29, 0.717) is 5.41 Å². The number of hydrogen-bond acceptors (Lipinski definition) is 3. The van der Waals surface area contributed by atoms with Crippen LogP contribution in [0.25, 0.3) is 0 Å². The molecular formula is C18H31N3. The Morgan fingerprint density at radius 3 is 2.52 bits per heavy atom. The Kier molecular flexibility index (Phi) is 6.04. The van der Waals surface area contributed by atoms with Gasteiger partial charge >= 0.3 is 0 Å². The predicted molar refractivity (Wildman–Crippen MR) is 90.7 cm³/mol. The number of nitrogens with zero attached hydrogens (tertiary/aromatic N) is 2. The highest BCUT2D eigenvalue weighted by Crippen LogP contribution is 2.39. The van der Waals surface area contributed by atoms with Crippen molar-refractivity contribution in [3.8, 4) is 0 Å². The van der Waals surface area contributed by atoms with Crippen molar-refractivity contribution in [3.63, 3.8) is 0 Å². The van der Waals surface area contributed by atoms with Crippen molar-refractivity contribution in [1.29, 1.82) is 0 Å². The lowest BCUT2D eigenvalue weighted by molar-refractivity contribution is 0.199. The van der Waals surface area contributed by atoms with Crippen molar-refractivity contribution in [1.82, 2.24) is 10.3 Å². The molecule has 0 spiro atoms. The highest BCUT2D eigenvalue weighted by atomic mass is 15.1. The molecule has 0 radical (unpaired) electrons. The Hall–Kier alpha value is -1.09. The first-order valence-corrected chi connectivity index (χ1v) is 8.63. The molecule has 0 amide bonds. The van der Waals surface area contributed by atoms with Gasteiger partial charge in [-0.15, -0.1) is 0 Å². The Balaban J connectivity index is 2.02. The van der Waals surface area contributed by atoms with Crippen LogP contribution in [0.2, 0.25) is 0 Å². The number of rotatable bonds is 7. The molecule has 3 heteroatoms. The van der Waals surface area contributed by atoms with E-state index >= 15 is 0 Å². The molecule has 3 nitrogen and oxygen atoms in total. The van der Waals surface area contributed by atoms with Crippen molar-refractivity contribution in [2.45, 2.75) is 59.4 Å². The minimum Gasteiger partial charge on any atom is -0.371 e. The fraction of sp³-hybridized carbons (Fsp3) is 0.722. The maximum atomic E-state index is 4.31. The van der Waals surface area contributed by atoms with E-state index in [1.165, 1.54) is 56.4 Å². The molecule has 2 rings (SSSR count). The third-order valence-electron chi connectivity index (χ3n) is 5.28. The van der Waals surface area contributed by atoms with E-state index in [0.717, 1.165) is 13.1 Å². The van der Waals surface area contributed by atoms with Gasteiger partial charge in [0.1, 0.15) is 0 Å². The lowest BCUT2D eigenvalue weighted by Crippen LogP contribution is -2.40. The van der Waals surface area contributed by atoms with E-state index < -0.39 is 0 Å². The molecule has 0 unspecified atom stereocenters. The third kappa shape index (κ3) is 3.97. The minimum atomic E-state index is 0.587. The van der Waals surface area contributed by atoms with Crippen LogP contribution in [0.15, 0.2) is 18.5 Å². The summed E-state index contributed by atoms with van der Waals surface area (Å²) in [7, 11) is 0. The van der Waals surface area contributed by atoms with Crippen LogP contribution in [-0.2, 0) is 6.54 Å². The zero-order valence-corrected chi connectivity index (χ0v) is 14.0. The van der Waals surface area contributed by atoms with Crippen LogP contribution in [0.5, 0.6) is 0 Å². The summed E-state index contributed by atoms with van der Waals surface area (Å²) in [6, 6.07) is 2.19. The van der Waals surface area contributed by atoms with Crippen molar-refractivity contribution < 1.29 is 0 Å². The quantitative estimate of drug-likeness (QED) is 0.769. The van der Waals surface area contributed by atoms with Crippen LogP contribution in [0.4, 0.5) is 5.69 Å². The van der Waals surface area contributed by atoms with E-state index in [2.05, 4.69) is 42.0 Å². The maximum Gasteiger partial charge on any atom is 0.0442 e. The molecular weight excluding hydrogens is 258 g/mol. The SMILES string of the molecule is CCCNCc1cnccc1N1CCC(CC)(CC)CC1. The molecule has 1 fully saturated rings. The van der Waals surface area contributed by atoms with Gasteiger partial charge in [-0.25, -0.2) is 0 Å². The predicted octanol–water partition coefficient (Wildman–Crippen LogP) is 3.99. The second-order valence-corrected chi connectivity index (χ2v) is 6.38. The van der Waals surface area contributed by atoms with Crippen molar-refractivity contribution in [3.05, 3.63) is 24.0 Å². The van der Waals surface area contributed by atoms with Gasteiger partial charge in [0.2, 0.25) is 0 Å². The smallest absolute Gasteiger partial charge is 0.0442 e. The van der Waals surface area contributed by atoms with Gasteiger partial charge in [-0.05, 0) is 37.3 Å². The lowest BCUT2D eigenvalue weighted by Gasteiger charge is -2.42. The fourth-order valence-corrected chi connectivity index (χ4v) is 3.44. The first kappa shape index (κ1) is 16.3. The van der Waals surface area contributed by atoms with Crippen LogP contribution >= 0.6 is 0 Å². The van der Waals surface area contributed by atoms with Gasteiger partial charge in [0, 0.05) is 43.3 Å². The monoisotopic (exact) mass is 289 g/mol. The fourth-order valence-electron chi connectivity index (χ4n) is 3.44. The van der Waals surface area contributed by atoms with E-state index in [9.17, 15) is 0 Å². The Morgan fingerprint density at radius 2 is 1.90 bits per heavy atom. The molecule has 118 valence electrons. The highest BCUT2D eigenvalue weighted by Gasteiger charge is 2.31. The van der Waals surface area contributed by atoms with E-state index in [1.807, 2.05) is 12.4 Å². The average Bonchev–Trinajstić information content (AvgIpc) is 2.56. The van der Waals surface area contributed by atoms with Crippen LogP contribution in [0.1, 0.15) is 58.4 Å². The Labute approximate surface area is 130 Å². The van der Waals surface area contributed by atoms with Crippen LogP contribution < -0.4 is 10.2 Å².